The highest BCUT2D eigenvalue weighted by Gasteiger charge is 2.07. The third-order valence-electron chi connectivity index (χ3n) is 3.27. The molecule has 0 spiro atoms. The maximum absolute atomic E-state index is 13.8. The number of rotatable bonds is 11. The minimum Gasteiger partial charge on any atom is -0.491 e. The average Bonchev–Trinajstić information content (AvgIpc) is 2.65. The fourth-order valence-electron chi connectivity index (χ4n) is 2.01. The molecule has 0 fully saturated rings. The number of nitrogens with one attached hydrogen (secondary N) is 2. The lowest BCUT2D eigenvalue weighted by Crippen LogP contribution is -2.16. The summed E-state index contributed by atoms with van der Waals surface area (Å²) in [7, 11) is 1.61. The molecular formula is C17H22FN5O4. The summed E-state index contributed by atoms with van der Waals surface area (Å²) in [6.07, 6.45) is 0.685. The summed E-state index contributed by atoms with van der Waals surface area (Å²) >= 11 is 0. The quantitative estimate of drug-likeness (QED) is 0.509. The van der Waals surface area contributed by atoms with E-state index in [0.717, 1.165) is 11.9 Å². The van der Waals surface area contributed by atoms with Crippen molar-refractivity contribution in [2.75, 3.05) is 44.1 Å². The van der Waals surface area contributed by atoms with Gasteiger partial charge in [-0.1, -0.05) is 0 Å². The Balaban J connectivity index is 1.88. The predicted octanol–water partition coefficient (Wildman–Crippen LogP) is 2.28. The van der Waals surface area contributed by atoms with Crippen molar-refractivity contribution in [1.82, 2.24) is 9.97 Å². The summed E-state index contributed by atoms with van der Waals surface area (Å²) < 4.78 is 28.8. The lowest BCUT2D eigenvalue weighted by atomic mass is 10.3. The molecule has 0 saturated carbocycles. The number of nitrogens with two attached hydrogens (primary N) is 1. The van der Waals surface area contributed by atoms with Crippen molar-refractivity contribution < 1.29 is 23.4 Å². The van der Waals surface area contributed by atoms with E-state index >= 15 is 0 Å². The number of anilines is 3. The maximum atomic E-state index is 13.8. The minimum absolute atomic E-state index is 0.0473. The number of hydrogen-bond acceptors (Lipinski definition) is 8. The van der Waals surface area contributed by atoms with Crippen LogP contribution in [0.4, 0.5) is 26.6 Å². The van der Waals surface area contributed by atoms with Crippen molar-refractivity contribution in [3.8, 4) is 5.75 Å². The number of nitrogens with zero attached hydrogens (tertiary/aromatic N) is 2. The van der Waals surface area contributed by atoms with Crippen LogP contribution in [-0.4, -0.2) is 49.5 Å². The van der Waals surface area contributed by atoms with Crippen LogP contribution in [0.5, 0.6) is 5.75 Å². The summed E-state index contributed by atoms with van der Waals surface area (Å²) in [6.45, 7) is 1.46. The number of carbonyl (C=O) groups is 1. The van der Waals surface area contributed by atoms with Gasteiger partial charge < -0.3 is 30.6 Å². The normalized spacial score (nSPS) is 10.3. The summed E-state index contributed by atoms with van der Waals surface area (Å²) in [6, 6.07) is 7.17. The molecule has 0 saturated heterocycles. The Morgan fingerprint density at radius 1 is 1.22 bits per heavy atom. The number of ether oxygens (including phenoxy) is 3. The Hall–Kier alpha value is -3.14. The topological polar surface area (TPSA) is 121 Å². The molecule has 0 aliphatic rings. The number of hydrogen-bond donors (Lipinski definition) is 3. The van der Waals surface area contributed by atoms with Crippen LogP contribution in [0.25, 0.3) is 0 Å². The second-order valence-electron chi connectivity index (χ2n) is 5.33. The highest BCUT2D eigenvalue weighted by atomic mass is 19.1. The van der Waals surface area contributed by atoms with Gasteiger partial charge in [-0.05, 0) is 30.7 Å². The number of methoxy groups -OCH3 is 1. The standard InChI is InChI=1S/C17H22FN5O4/c1-25-9-10-26-13-5-3-12(4-6-13)22-17-21-11-14(18)15(23-17)20-7-2-8-27-16(19)24/h3-6,11H,2,7-10H2,1H3,(H2,19,24)(H2,20,21,22,23). The van der Waals surface area contributed by atoms with Crippen molar-refractivity contribution in [2.24, 2.45) is 5.73 Å². The average molecular weight is 379 g/mol. The zero-order chi connectivity index (χ0) is 19.5. The third kappa shape index (κ3) is 7.32. The van der Waals surface area contributed by atoms with E-state index in [9.17, 15) is 9.18 Å². The molecule has 10 heteroatoms. The van der Waals surface area contributed by atoms with Crippen molar-refractivity contribution in [3.63, 3.8) is 0 Å². The number of amides is 1. The molecule has 146 valence electrons. The van der Waals surface area contributed by atoms with Crippen molar-refractivity contribution in [2.45, 2.75) is 6.42 Å². The summed E-state index contributed by atoms with van der Waals surface area (Å²) in [4.78, 5) is 18.5. The van der Waals surface area contributed by atoms with Crippen LogP contribution in [0.15, 0.2) is 30.5 Å². The molecule has 1 amide bonds. The van der Waals surface area contributed by atoms with Gasteiger partial charge in [0.1, 0.15) is 12.4 Å². The van der Waals surface area contributed by atoms with E-state index < -0.39 is 11.9 Å². The van der Waals surface area contributed by atoms with Gasteiger partial charge in [-0.2, -0.15) is 4.98 Å². The third-order valence-corrected chi connectivity index (χ3v) is 3.27. The van der Waals surface area contributed by atoms with Crippen molar-refractivity contribution in [1.29, 1.82) is 0 Å². The van der Waals surface area contributed by atoms with E-state index in [4.69, 9.17) is 15.2 Å². The van der Waals surface area contributed by atoms with Gasteiger partial charge in [0, 0.05) is 19.3 Å². The highest BCUT2D eigenvalue weighted by molar-refractivity contribution is 5.64. The first kappa shape index (κ1) is 20.2. The first-order valence-electron chi connectivity index (χ1n) is 8.26. The predicted molar refractivity (Wildman–Crippen MR) is 97.7 cm³/mol. The van der Waals surface area contributed by atoms with Gasteiger partial charge >= 0.3 is 6.09 Å². The van der Waals surface area contributed by atoms with Crippen molar-refractivity contribution >= 4 is 23.5 Å². The van der Waals surface area contributed by atoms with Crippen LogP contribution >= 0.6 is 0 Å². The van der Waals surface area contributed by atoms with Crippen LogP contribution < -0.4 is 21.1 Å². The van der Waals surface area contributed by atoms with Gasteiger partial charge in [-0.25, -0.2) is 14.2 Å². The largest absolute Gasteiger partial charge is 0.491 e. The fourth-order valence-corrected chi connectivity index (χ4v) is 2.01. The summed E-state index contributed by atoms with van der Waals surface area (Å²) in [5, 5.41) is 5.81. The van der Waals surface area contributed by atoms with Gasteiger partial charge in [-0.3, -0.25) is 0 Å². The Bertz CT molecular complexity index is 730. The molecule has 2 aromatic rings. The summed E-state index contributed by atoms with van der Waals surface area (Å²) in [5.41, 5.74) is 5.58. The summed E-state index contributed by atoms with van der Waals surface area (Å²) in [5.74, 6) is 0.405. The molecule has 0 aliphatic carbocycles. The zero-order valence-electron chi connectivity index (χ0n) is 14.9. The molecular weight excluding hydrogens is 357 g/mol. The molecule has 0 atom stereocenters. The Kier molecular flexibility index (Phi) is 8.04. The zero-order valence-corrected chi connectivity index (χ0v) is 14.9. The molecule has 27 heavy (non-hydrogen) atoms. The van der Waals surface area contributed by atoms with E-state index in [2.05, 4.69) is 25.3 Å². The maximum Gasteiger partial charge on any atom is 0.404 e. The number of aromatic nitrogens is 2. The van der Waals surface area contributed by atoms with Gasteiger partial charge in [0.2, 0.25) is 5.95 Å². The Morgan fingerprint density at radius 2 is 2.00 bits per heavy atom. The molecule has 9 nitrogen and oxygen atoms in total. The van der Waals surface area contributed by atoms with E-state index in [1.54, 1.807) is 31.4 Å². The van der Waals surface area contributed by atoms with Crippen LogP contribution in [-0.2, 0) is 9.47 Å². The lowest BCUT2D eigenvalue weighted by Gasteiger charge is -2.10. The number of halogens is 1. The van der Waals surface area contributed by atoms with E-state index in [1.807, 2.05) is 0 Å². The van der Waals surface area contributed by atoms with Gasteiger partial charge in [0.05, 0.1) is 19.4 Å². The van der Waals surface area contributed by atoms with E-state index in [0.29, 0.717) is 31.9 Å². The molecule has 0 unspecified atom stereocenters. The number of primary amides is 1. The van der Waals surface area contributed by atoms with Gasteiger partial charge in [0.25, 0.3) is 0 Å². The second kappa shape index (κ2) is 10.8. The fraction of sp³-hybridized carbons (Fsp3) is 0.353. The van der Waals surface area contributed by atoms with Crippen LogP contribution in [0, 0.1) is 5.82 Å². The van der Waals surface area contributed by atoms with Crippen LogP contribution in [0.3, 0.4) is 0 Å². The highest BCUT2D eigenvalue weighted by Crippen LogP contribution is 2.19. The molecule has 0 radical (unpaired) electrons. The second-order valence-corrected chi connectivity index (χ2v) is 5.33. The number of benzene rings is 1. The Morgan fingerprint density at radius 3 is 2.70 bits per heavy atom. The molecule has 0 aliphatic heterocycles. The molecule has 4 N–H and O–H groups in total. The smallest absolute Gasteiger partial charge is 0.404 e. The molecule has 1 aromatic heterocycles. The van der Waals surface area contributed by atoms with Gasteiger partial charge in [-0.15, -0.1) is 0 Å². The molecule has 1 aromatic carbocycles. The first-order chi connectivity index (χ1) is 13.1. The van der Waals surface area contributed by atoms with Crippen LogP contribution in [0.2, 0.25) is 0 Å². The van der Waals surface area contributed by atoms with E-state index in [1.165, 1.54) is 0 Å². The minimum atomic E-state index is -0.843. The van der Waals surface area contributed by atoms with Gasteiger partial charge in [0.15, 0.2) is 11.6 Å². The Labute approximate surface area is 156 Å². The molecule has 0 bridgehead atoms. The van der Waals surface area contributed by atoms with Crippen molar-refractivity contribution in [3.05, 3.63) is 36.3 Å². The molecule has 2 rings (SSSR count). The lowest BCUT2D eigenvalue weighted by molar-refractivity contribution is 0.146. The SMILES string of the molecule is COCCOc1ccc(Nc2ncc(F)c(NCCCOC(N)=O)n2)cc1. The molecule has 1 heterocycles. The first-order valence-corrected chi connectivity index (χ1v) is 8.26. The van der Waals surface area contributed by atoms with E-state index in [-0.39, 0.29) is 18.4 Å². The number of carbonyl (C=O) groups excluding carboxylic acids is 1. The van der Waals surface area contributed by atoms with Crippen LogP contribution in [0.1, 0.15) is 6.42 Å². The monoisotopic (exact) mass is 379 g/mol.